The molecule has 17 heavy (non-hydrogen) atoms. The van der Waals surface area contributed by atoms with Crippen molar-refractivity contribution in [1.29, 1.82) is 0 Å². The molecule has 0 aliphatic carbocycles. The number of likely N-dealkylation sites (tertiary alicyclic amines) is 1. The molecule has 1 aliphatic rings. The summed E-state index contributed by atoms with van der Waals surface area (Å²) in [5.74, 6) is 0. The van der Waals surface area contributed by atoms with Crippen LogP contribution in [0, 0.1) is 0 Å². The summed E-state index contributed by atoms with van der Waals surface area (Å²) in [4.78, 5) is 13.7. The van der Waals surface area contributed by atoms with E-state index in [1.54, 1.807) is 19.1 Å². The van der Waals surface area contributed by atoms with Crippen LogP contribution in [0.1, 0.15) is 33.6 Å². The topological polar surface area (TPSA) is 48.0 Å². The Morgan fingerprint density at radius 3 is 2.41 bits per heavy atom. The van der Waals surface area contributed by atoms with E-state index < -0.39 is 5.60 Å². The molecule has 0 saturated carbocycles. The molecule has 1 fully saturated rings. The van der Waals surface area contributed by atoms with Gasteiger partial charge in [0.05, 0.1) is 12.6 Å². The number of ether oxygens (including phenoxy) is 3. The van der Waals surface area contributed by atoms with Gasteiger partial charge < -0.3 is 14.2 Å². The number of rotatable bonds is 3. The summed E-state index contributed by atoms with van der Waals surface area (Å²) in [6.07, 6.45) is 1.17. The monoisotopic (exact) mass is 245 g/mol. The van der Waals surface area contributed by atoms with Crippen LogP contribution in [0.2, 0.25) is 0 Å². The Morgan fingerprint density at radius 2 is 1.94 bits per heavy atom. The SMILES string of the molecule is COC[C@@H]1CC[C@H](OC)N1C(=O)OC(C)(C)C. The summed E-state index contributed by atoms with van der Waals surface area (Å²) >= 11 is 0. The Balaban J connectivity index is 2.70. The van der Waals surface area contributed by atoms with E-state index in [-0.39, 0.29) is 18.4 Å². The molecule has 0 N–H and O–H groups in total. The number of hydrogen-bond donors (Lipinski definition) is 0. The van der Waals surface area contributed by atoms with Gasteiger partial charge in [-0.25, -0.2) is 4.79 Å². The second-order valence-corrected chi connectivity index (χ2v) is 5.26. The Labute approximate surface area is 103 Å². The summed E-state index contributed by atoms with van der Waals surface area (Å²) in [5.41, 5.74) is -0.490. The minimum absolute atomic E-state index is 0.0415. The van der Waals surface area contributed by atoms with Crippen molar-refractivity contribution < 1.29 is 19.0 Å². The van der Waals surface area contributed by atoms with E-state index in [0.29, 0.717) is 6.61 Å². The van der Waals surface area contributed by atoms with Gasteiger partial charge in [-0.3, -0.25) is 4.90 Å². The van der Waals surface area contributed by atoms with E-state index in [0.717, 1.165) is 12.8 Å². The largest absolute Gasteiger partial charge is 0.444 e. The van der Waals surface area contributed by atoms with Gasteiger partial charge in [0.15, 0.2) is 0 Å². The average Bonchev–Trinajstić information content (AvgIpc) is 2.58. The molecule has 0 unspecified atom stereocenters. The zero-order valence-electron chi connectivity index (χ0n) is 11.4. The molecule has 0 aromatic heterocycles. The van der Waals surface area contributed by atoms with Crippen molar-refractivity contribution in [3.8, 4) is 0 Å². The normalized spacial score (nSPS) is 25.1. The van der Waals surface area contributed by atoms with E-state index in [1.807, 2.05) is 20.8 Å². The Morgan fingerprint density at radius 1 is 1.29 bits per heavy atom. The highest BCUT2D eigenvalue weighted by molar-refractivity contribution is 5.69. The molecule has 2 atom stereocenters. The molecule has 1 aliphatic heterocycles. The molecule has 0 aromatic carbocycles. The molecule has 0 bridgehead atoms. The average molecular weight is 245 g/mol. The second kappa shape index (κ2) is 5.69. The van der Waals surface area contributed by atoms with Gasteiger partial charge in [-0.05, 0) is 33.6 Å². The van der Waals surface area contributed by atoms with E-state index in [9.17, 15) is 4.79 Å². The van der Waals surface area contributed by atoms with Crippen molar-refractivity contribution in [2.45, 2.75) is 51.5 Å². The zero-order chi connectivity index (χ0) is 13.1. The summed E-state index contributed by atoms with van der Waals surface area (Å²) in [6, 6.07) is 0.0415. The lowest BCUT2D eigenvalue weighted by molar-refractivity contribution is -0.0492. The first-order chi connectivity index (χ1) is 7.89. The molecule has 100 valence electrons. The third-order valence-electron chi connectivity index (χ3n) is 2.69. The minimum Gasteiger partial charge on any atom is -0.444 e. The predicted octanol–water partition coefficient (Wildman–Crippen LogP) is 2.00. The molecule has 0 spiro atoms. The summed E-state index contributed by atoms with van der Waals surface area (Å²) in [7, 11) is 3.24. The van der Waals surface area contributed by atoms with Gasteiger partial charge in [-0.1, -0.05) is 0 Å². The van der Waals surface area contributed by atoms with Crippen molar-refractivity contribution >= 4 is 6.09 Å². The van der Waals surface area contributed by atoms with Crippen LogP contribution in [0.4, 0.5) is 4.79 Å². The molecule has 1 heterocycles. The molecule has 1 rings (SSSR count). The smallest absolute Gasteiger partial charge is 0.412 e. The van der Waals surface area contributed by atoms with Crippen molar-refractivity contribution in [3.63, 3.8) is 0 Å². The van der Waals surface area contributed by atoms with Crippen LogP contribution in [-0.2, 0) is 14.2 Å². The molecule has 5 heteroatoms. The maximum absolute atomic E-state index is 12.1. The Hall–Kier alpha value is -0.810. The van der Waals surface area contributed by atoms with Gasteiger partial charge in [-0.2, -0.15) is 0 Å². The lowest BCUT2D eigenvalue weighted by atomic mass is 10.2. The lowest BCUT2D eigenvalue weighted by Crippen LogP contribution is -2.46. The highest BCUT2D eigenvalue weighted by Crippen LogP contribution is 2.27. The summed E-state index contributed by atoms with van der Waals surface area (Å²) in [5, 5.41) is 0. The quantitative estimate of drug-likeness (QED) is 0.763. The summed E-state index contributed by atoms with van der Waals surface area (Å²) < 4.78 is 15.8. The fourth-order valence-electron chi connectivity index (χ4n) is 2.02. The molecule has 1 amide bonds. The Kier molecular flexibility index (Phi) is 4.77. The maximum atomic E-state index is 12.1. The molecule has 1 saturated heterocycles. The standard InChI is InChI=1S/C12H23NO4/c1-12(2,3)17-11(14)13-9(8-15-4)6-7-10(13)16-5/h9-10H,6-8H2,1-5H3/t9-,10-/m0/s1. The number of methoxy groups -OCH3 is 2. The van der Waals surface area contributed by atoms with Gasteiger partial charge in [0.1, 0.15) is 11.8 Å². The van der Waals surface area contributed by atoms with Crippen LogP contribution >= 0.6 is 0 Å². The van der Waals surface area contributed by atoms with Crippen LogP contribution in [0.5, 0.6) is 0 Å². The Bertz CT molecular complexity index is 262. The fraction of sp³-hybridized carbons (Fsp3) is 0.917. The van der Waals surface area contributed by atoms with Gasteiger partial charge in [0, 0.05) is 14.2 Å². The highest BCUT2D eigenvalue weighted by atomic mass is 16.6. The lowest BCUT2D eigenvalue weighted by Gasteiger charge is -2.31. The first-order valence-corrected chi connectivity index (χ1v) is 5.92. The van der Waals surface area contributed by atoms with Crippen molar-refractivity contribution in [1.82, 2.24) is 4.90 Å². The van der Waals surface area contributed by atoms with Crippen molar-refractivity contribution in [2.24, 2.45) is 0 Å². The third kappa shape index (κ3) is 3.85. The summed E-state index contributed by atoms with van der Waals surface area (Å²) in [6.45, 7) is 6.08. The molecule has 0 aromatic rings. The maximum Gasteiger partial charge on any atom is 0.412 e. The molecule has 5 nitrogen and oxygen atoms in total. The first kappa shape index (κ1) is 14.3. The van der Waals surface area contributed by atoms with Crippen LogP contribution in [0.3, 0.4) is 0 Å². The van der Waals surface area contributed by atoms with E-state index >= 15 is 0 Å². The zero-order valence-corrected chi connectivity index (χ0v) is 11.4. The number of amides is 1. The van der Waals surface area contributed by atoms with E-state index in [1.165, 1.54) is 0 Å². The molecule has 0 radical (unpaired) electrons. The molecular formula is C12H23NO4. The number of hydrogen-bond acceptors (Lipinski definition) is 4. The molecular weight excluding hydrogens is 222 g/mol. The van der Waals surface area contributed by atoms with E-state index in [4.69, 9.17) is 14.2 Å². The minimum atomic E-state index is -0.490. The van der Waals surface area contributed by atoms with Crippen LogP contribution in [0.25, 0.3) is 0 Å². The van der Waals surface area contributed by atoms with Gasteiger partial charge in [0.25, 0.3) is 0 Å². The van der Waals surface area contributed by atoms with E-state index in [2.05, 4.69) is 0 Å². The van der Waals surface area contributed by atoms with Gasteiger partial charge in [-0.15, -0.1) is 0 Å². The number of nitrogens with zero attached hydrogens (tertiary/aromatic N) is 1. The fourth-order valence-corrected chi connectivity index (χ4v) is 2.02. The van der Waals surface area contributed by atoms with Crippen LogP contribution < -0.4 is 0 Å². The van der Waals surface area contributed by atoms with Crippen molar-refractivity contribution in [3.05, 3.63) is 0 Å². The first-order valence-electron chi connectivity index (χ1n) is 5.92. The third-order valence-corrected chi connectivity index (χ3v) is 2.69. The number of carbonyl (C=O) groups is 1. The van der Waals surface area contributed by atoms with Gasteiger partial charge in [0.2, 0.25) is 0 Å². The van der Waals surface area contributed by atoms with Crippen LogP contribution in [0.15, 0.2) is 0 Å². The highest BCUT2D eigenvalue weighted by Gasteiger charge is 2.39. The van der Waals surface area contributed by atoms with Gasteiger partial charge >= 0.3 is 6.09 Å². The van der Waals surface area contributed by atoms with Crippen LogP contribution in [-0.4, -0.2) is 49.7 Å². The second-order valence-electron chi connectivity index (χ2n) is 5.26. The predicted molar refractivity (Wildman–Crippen MR) is 63.8 cm³/mol. The number of carbonyl (C=O) groups excluding carboxylic acids is 1. The van der Waals surface area contributed by atoms with Crippen molar-refractivity contribution in [2.75, 3.05) is 20.8 Å².